The van der Waals surface area contributed by atoms with Crippen molar-refractivity contribution in [3.63, 3.8) is 0 Å². The van der Waals surface area contributed by atoms with Gasteiger partial charge in [-0.3, -0.25) is 9.78 Å². The highest BCUT2D eigenvalue weighted by Crippen LogP contribution is 2.29. The summed E-state index contributed by atoms with van der Waals surface area (Å²) < 4.78 is 23.4. The highest BCUT2D eigenvalue weighted by Gasteiger charge is 2.12. The smallest absolute Gasteiger partial charge is 0.257 e. The third-order valence-corrected chi connectivity index (χ3v) is 4.07. The molecular formula is C21H20FN3O3. The molecule has 0 spiro atoms. The second kappa shape index (κ2) is 8.85. The van der Waals surface area contributed by atoms with E-state index in [4.69, 9.17) is 9.47 Å². The monoisotopic (exact) mass is 381 g/mol. The Morgan fingerprint density at radius 3 is 2.54 bits per heavy atom. The molecule has 0 unspecified atom stereocenters. The normalized spacial score (nSPS) is 10.2. The van der Waals surface area contributed by atoms with Crippen LogP contribution < -0.4 is 20.1 Å². The Bertz CT molecular complexity index is 961. The van der Waals surface area contributed by atoms with Gasteiger partial charge in [0.1, 0.15) is 17.3 Å². The van der Waals surface area contributed by atoms with E-state index >= 15 is 0 Å². The molecule has 1 amide bonds. The van der Waals surface area contributed by atoms with Gasteiger partial charge in [0, 0.05) is 25.0 Å². The van der Waals surface area contributed by atoms with Crippen molar-refractivity contribution in [2.75, 3.05) is 24.9 Å². The molecule has 3 rings (SSSR count). The molecule has 1 heterocycles. The zero-order valence-electron chi connectivity index (χ0n) is 15.5. The van der Waals surface area contributed by atoms with Crippen LogP contribution in [0.5, 0.6) is 11.5 Å². The molecule has 0 bridgehead atoms. The molecular weight excluding hydrogens is 361 g/mol. The molecule has 6 nitrogen and oxygen atoms in total. The number of hydrogen-bond donors (Lipinski definition) is 2. The number of halogens is 1. The predicted octanol–water partition coefficient (Wildman–Crippen LogP) is 4.10. The summed E-state index contributed by atoms with van der Waals surface area (Å²) in [7, 11) is 3.08. The van der Waals surface area contributed by atoms with Gasteiger partial charge < -0.3 is 20.1 Å². The fourth-order valence-electron chi connectivity index (χ4n) is 2.57. The molecule has 0 aliphatic rings. The van der Waals surface area contributed by atoms with Gasteiger partial charge in [0.2, 0.25) is 0 Å². The minimum atomic E-state index is -0.329. The number of nitrogens with one attached hydrogen (secondary N) is 2. The summed E-state index contributed by atoms with van der Waals surface area (Å²) in [6, 6.07) is 13.0. The molecule has 3 aromatic rings. The molecule has 0 aliphatic carbocycles. The highest BCUT2D eigenvalue weighted by molar-refractivity contribution is 6.05. The third kappa shape index (κ3) is 4.76. The van der Waals surface area contributed by atoms with Gasteiger partial charge in [-0.25, -0.2) is 4.39 Å². The largest absolute Gasteiger partial charge is 0.497 e. The quantitative estimate of drug-likeness (QED) is 0.645. The number of anilines is 2. The maximum Gasteiger partial charge on any atom is 0.257 e. The van der Waals surface area contributed by atoms with Crippen LogP contribution in [0.2, 0.25) is 0 Å². The number of hydrogen-bond acceptors (Lipinski definition) is 5. The third-order valence-electron chi connectivity index (χ3n) is 4.07. The van der Waals surface area contributed by atoms with Crippen molar-refractivity contribution >= 4 is 17.3 Å². The molecule has 144 valence electrons. The summed E-state index contributed by atoms with van der Waals surface area (Å²) in [5, 5.41) is 5.98. The van der Waals surface area contributed by atoms with Crippen molar-refractivity contribution in [1.29, 1.82) is 0 Å². The Morgan fingerprint density at radius 2 is 1.82 bits per heavy atom. The standard InChI is InChI=1S/C21H20FN3O3/c1-27-18-7-8-20(28-2)19(10-18)25-21(26)15-9-17(13-23-12-15)24-11-14-3-5-16(22)6-4-14/h3-10,12-13,24H,11H2,1-2H3,(H,25,26). The van der Waals surface area contributed by atoms with Crippen molar-refractivity contribution in [1.82, 2.24) is 4.98 Å². The number of pyridine rings is 1. The number of aromatic nitrogens is 1. The van der Waals surface area contributed by atoms with E-state index in [0.717, 1.165) is 5.56 Å². The molecule has 1 aromatic heterocycles. The van der Waals surface area contributed by atoms with Crippen LogP contribution in [0.15, 0.2) is 60.9 Å². The average molecular weight is 381 g/mol. The minimum Gasteiger partial charge on any atom is -0.497 e. The van der Waals surface area contributed by atoms with Gasteiger partial charge in [0.25, 0.3) is 5.91 Å². The van der Waals surface area contributed by atoms with Crippen LogP contribution in [-0.2, 0) is 6.54 Å². The summed E-state index contributed by atoms with van der Waals surface area (Å²) in [5.74, 6) is 0.512. The van der Waals surface area contributed by atoms with Crippen LogP contribution in [0.3, 0.4) is 0 Å². The van der Waals surface area contributed by atoms with E-state index in [2.05, 4.69) is 15.6 Å². The lowest BCUT2D eigenvalue weighted by atomic mass is 10.2. The predicted molar refractivity (Wildman–Crippen MR) is 105 cm³/mol. The lowest BCUT2D eigenvalue weighted by Gasteiger charge is -2.12. The number of methoxy groups -OCH3 is 2. The van der Waals surface area contributed by atoms with Crippen LogP contribution in [-0.4, -0.2) is 25.1 Å². The Morgan fingerprint density at radius 1 is 1.04 bits per heavy atom. The Labute approximate surface area is 162 Å². The first-order valence-electron chi connectivity index (χ1n) is 8.56. The maximum absolute atomic E-state index is 13.0. The summed E-state index contributed by atoms with van der Waals surface area (Å²) in [6.07, 6.45) is 3.09. The second-order valence-corrected chi connectivity index (χ2v) is 5.96. The number of ether oxygens (including phenoxy) is 2. The second-order valence-electron chi connectivity index (χ2n) is 5.96. The van der Waals surface area contributed by atoms with Gasteiger partial charge in [-0.15, -0.1) is 0 Å². The van der Waals surface area contributed by atoms with Crippen molar-refractivity contribution in [3.8, 4) is 11.5 Å². The zero-order valence-corrected chi connectivity index (χ0v) is 15.5. The fraction of sp³-hybridized carbons (Fsp3) is 0.143. The van der Waals surface area contributed by atoms with Crippen LogP contribution in [0.25, 0.3) is 0 Å². The summed E-state index contributed by atoms with van der Waals surface area (Å²) in [4.78, 5) is 16.7. The summed E-state index contributed by atoms with van der Waals surface area (Å²) in [5.41, 5.74) is 2.47. The number of carbonyl (C=O) groups is 1. The van der Waals surface area contributed by atoms with E-state index in [0.29, 0.717) is 35.0 Å². The molecule has 7 heteroatoms. The minimum absolute atomic E-state index is 0.281. The van der Waals surface area contributed by atoms with Crippen molar-refractivity contribution in [2.24, 2.45) is 0 Å². The topological polar surface area (TPSA) is 72.5 Å². The molecule has 0 saturated carbocycles. The summed E-state index contributed by atoms with van der Waals surface area (Å²) >= 11 is 0. The maximum atomic E-state index is 13.0. The van der Waals surface area contributed by atoms with Gasteiger partial charge >= 0.3 is 0 Å². The molecule has 2 aromatic carbocycles. The number of nitrogens with zero attached hydrogens (tertiary/aromatic N) is 1. The van der Waals surface area contributed by atoms with Crippen molar-refractivity contribution in [2.45, 2.75) is 6.54 Å². The average Bonchev–Trinajstić information content (AvgIpc) is 2.73. The zero-order chi connectivity index (χ0) is 19.9. The molecule has 2 N–H and O–H groups in total. The molecule has 28 heavy (non-hydrogen) atoms. The molecule has 0 radical (unpaired) electrons. The van der Waals surface area contributed by atoms with Crippen LogP contribution >= 0.6 is 0 Å². The Hall–Kier alpha value is -3.61. The first kappa shape index (κ1) is 19.2. The fourth-order valence-corrected chi connectivity index (χ4v) is 2.57. The van der Waals surface area contributed by atoms with Gasteiger partial charge in [0.15, 0.2) is 0 Å². The SMILES string of the molecule is COc1ccc(OC)c(NC(=O)c2cncc(NCc3ccc(F)cc3)c2)c1. The molecule has 0 aliphatic heterocycles. The highest BCUT2D eigenvalue weighted by atomic mass is 19.1. The van der Waals surface area contributed by atoms with E-state index in [9.17, 15) is 9.18 Å². The number of benzene rings is 2. The first-order chi connectivity index (χ1) is 13.6. The van der Waals surface area contributed by atoms with Gasteiger partial charge in [-0.2, -0.15) is 0 Å². The van der Waals surface area contributed by atoms with Crippen LogP contribution in [0, 0.1) is 5.82 Å². The van der Waals surface area contributed by atoms with Crippen molar-refractivity contribution in [3.05, 3.63) is 77.9 Å². The number of rotatable bonds is 7. The Kier molecular flexibility index (Phi) is 6.06. The van der Waals surface area contributed by atoms with Gasteiger partial charge in [0.05, 0.1) is 31.2 Å². The van der Waals surface area contributed by atoms with E-state index in [1.807, 2.05) is 0 Å². The van der Waals surface area contributed by atoms with Crippen LogP contribution in [0.1, 0.15) is 15.9 Å². The lowest BCUT2D eigenvalue weighted by Crippen LogP contribution is -2.13. The number of amides is 1. The lowest BCUT2D eigenvalue weighted by molar-refractivity contribution is 0.102. The van der Waals surface area contributed by atoms with Crippen molar-refractivity contribution < 1.29 is 18.7 Å². The van der Waals surface area contributed by atoms with Gasteiger partial charge in [-0.05, 0) is 35.9 Å². The molecule has 0 atom stereocenters. The van der Waals surface area contributed by atoms with E-state index in [1.54, 1.807) is 49.7 Å². The Balaban J connectivity index is 1.71. The molecule has 0 saturated heterocycles. The number of carbonyl (C=O) groups excluding carboxylic acids is 1. The van der Waals surface area contributed by atoms with E-state index < -0.39 is 0 Å². The van der Waals surface area contributed by atoms with E-state index in [-0.39, 0.29) is 11.7 Å². The van der Waals surface area contributed by atoms with E-state index in [1.165, 1.54) is 25.4 Å². The first-order valence-corrected chi connectivity index (χ1v) is 8.56. The van der Waals surface area contributed by atoms with Crippen LogP contribution in [0.4, 0.5) is 15.8 Å². The summed E-state index contributed by atoms with van der Waals surface area (Å²) in [6.45, 7) is 0.483. The molecule has 0 fully saturated rings. The van der Waals surface area contributed by atoms with Gasteiger partial charge in [-0.1, -0.05) is 12.1 Å².